The van der Waals surface area contributed by atoms with Crippen LogP contribution in [0.2, 0.25) is 0 Å². The van der Waals surface area contributed by atoms with E-state index in [0.717, 1.165) is 49.8 Å². The van der Waals surface area contributed by atoms with E-state index in [1.54, 1.807) is 11.8 Å². The van der Waals surface area contributed by atoms with Gasteiger partial charge in [0.25, 0.3) is 0 Å². The second-order valence-corrected chi connectivity index (χ2v) is 7.83. The van der Waals surface area contributed by atoms with Gasteiger partial charge in [0.05, 0.1) is 10.3 Å². The molecule has 2 aliphatic carbocycles. The van der Waals surface area contributed by atoms with E-state index in [1.165, 1.54) is 0 Å². The van der Waals surface area contributed by atoms with Gasteiger partial charge in [-0.3, -0.25) is 4.79 Å². The Kier molecular flexibility index (Phi) is 4.27. The van der Waals surface area contributed by atoms with Crippen molar-refractivity contribution in [2.24, 2.45) is 0 Å². The van der Waals surface area contributed by atoms with Gasteiger partial charge < -0.3 is 10.4 Å². The fraction of sp³-hybridized carbons (Fsp3) is 0.588. The fourth-order valence-electron chi connectivity index (χ4n) is 3.20. The first kappa shape index (κ1) is 14.9. The van der Waals surface area contributed by atoms with E-state index in [0.29, 0.717) is 6.54 Å². The van der Waals surface area contributed by atoms with E-state index in [1.807, 2.05) is 18.2 Å². The van der Waals surface area contributed by atoms with Crippen molar-refractivity contribution in [3.63, 3.8) is 0 Å². The van der Waals surface area contributed by atoms with Gasteiger partial charge in [-0.25, -0.2) is 0 Å². The van der Waals surface area contributed by atoms with Crippen LogP contribution in [0.1, 0.15) is 44.9 Å². The van der Waals surface area contributed by atoms with Crippen LogP contribution in [0.15, 0.2) is 35.2 Å². The zero-order valence-corrected chi connectivity index (χ0v) is 13.1. The number of carbonyl (C=O) groups excluding carboxylic acids is 1. The van der Waals surface area contributed by atoms with Crippen LogP contribution in [0.3, 0.4) is 0 Å². The summed E-state index contributed by atoms with van der Waals surface area (Å²) in [5, 5.41) is 13.2. The number of aliphatic hydroxyl groups is 1. The number of hydrogen-bond donors (Lipinski definition) is 2. The summed E-state index contributed by atoms with van der Waals surface area (Å²) in [4.78, 5) is 13.9. The molecule has 0 heterocycles. The lowest BCUT2D eigenvalue weighted by atomic mass is 9.80. The highest BCUT2D eigenvalue weighted by molar-refractivity contribution is 8.01. The average molecular weight is 305 g/mol. The molecule has 21 heavy (non-hydrogen) atoms. The van der Waals surface area contributed by atoms with Gasteiger partial charge >= 0.3 is 0 Å². The van der Waals surface area contributed by atoms with Crippen molar-refractivity contribution in [3.8, 4) is 0 Å². The van der Waals surface area contributed by atoms with Crippen molar-refractivity contribution in [2.75, 3.05) is 6.54 Å². The third-order valence-corrected chi connectivity index (χ3v) is 6.24. The molecule has 114 valence electrons. The topological polar surface area (TPSA) is 49.3 Å². The molecular weight excluding hydrogens is 282 g/mol. The van der Waals surface area contributed by atoms with Crippen LogP contribution in [-0.4, -0.2) is 27.9 Å². The Balaban J connectivity index is 1.66. The molecule has 3 rings (SSSR count). The summed E-state index contributed by atoms with van der Waals surface area (Å²) in [6, 6.07) is 10.2. The Morgan fingerprint density at radius 1 is 1.10 bits per heavy atom. The summed E-state index contributed by atoms with van der Waals surface area (Å²) in [6.45, 7) is 0.406. The van der Waals surface area contributed by atoms with Crippen LogP contribution < -0.4 is 5.32 Å². The molecule has 0 unspecified atom stereocenters. The first-order valence-electron chi connectivity index (χ1n) is 7.87. The van der Waals surface area contributed by atoms with Gasteiger partial charge in [-0.1, -0.05) is 31.0 Å². The first-order chi connectivity index (χ1) is 10.1. The average Bonchev–Trinajstić information content (AvgIpc) is 2.93. The molecule has 1 aromatic rings. The number of carbonyl (C=O) groups is 1. The molecule has 0 atom stereocenters. The molecule has 4 heteroatoms. The molecule has 1 amide bonds. The van der Waals surface area contributed by atoms with Crippen molar-refractivity contribution >= 4 is 17.7 Å². The van der Waals surface area contributed by atoms with Gasteiger partial charge in [-0.15, -0.1) is 11.8 Å². The number of rotatable bonds is 5. The fourth-order valence-corrected chi connectivity index (χ4v) is 4.61. The molecule has 3 nitrogen and oxygen atoms in total. The van der Waals surface area contributed by atoms with Gasteiger partial charge in [0.2, 0.25) is 5.91 Å². The van der Waals surface area contributed by atoms with Crippen LogP contribution in [-0.2, 0) is 4.79 Å². The van der Waals surface area contributed by atoms with Crippen LogP contribution >= 0.6 is 11.8 Å². The maximum absolute atomic E-state index is 12.7. The maximum Gasteiger partial charge on any atom is 0.236 e. The molecule has 2 saturated carbocycles. The SMILES string of the molecule is O=C(NCC1(O)CCC1)C1(Sc2ccccc2)CCCC1. The second kappa shape index (κ2) is 6.01. The summed E-state index contributed by atoms with van der Waals surface area (Å²) in [5.74, 6) is 0.106. The normalized spacial score (nSPS) is 22.5. The highest BCUT2D eigenvalue weighted by Crippen LogP contribution is 2.45. The van der Waals surface area contributed by atoms with Crippen LogP contribution in [0.5, 0.6) is 0 Å². The van der Waals surface area contributed by atoms with E-state index in [2.05, 4.69) is 17.4 Å². The molecule has 2 aliphatic rings. The number of thioether (sulfide) groups is 1. The highest BCUT2D eigenvalue weighted by Gasteiger charge is 2.43. The van der Waals surface area contributed by atoms with Crippen LogP contribution in [0, 0.1) is 0 Å². The Morgan fingerprint density at radius 2 is 1.76 bits per heavy atom. The minimum Gasteiger partial charge on any atom is -0.388 e. The molecule has 0 radical (unpaired) electrons. The lowest BCUT2D eigenvalue weighted by Gasteiger charge is -2.38. The number of hydrogen-bond acceptors (Lipinski definition) is 3. The van der Waals surface area contributed by atoms with E-state index in [4.69, 9.17) is 0 Å². The molecule has 2 N–H and O–H groups in total. The van der Waals surface area contributed by atoms with Crippen molar-refractivity contribution in [3.05, 3.63) is 30.3 Å². The maximum atomic E-state index is 12.7. The number of nitrogens with one attached hydrogen (secondary N) is 1. The Hall–Kier alpha value is -1.00. The van der Waals surface area contributed by atoms with E-state index < -0.39 is 5.60 Å². The predicted molar refractivity (Wildman–Crippen MR) is 85.3 cm³/mol. The summed E-state index contributed by atoms with van der Waals surface area (Å²) in [5.41, 5.74) is -0.646. The third-order valence-electron chi connectivity index (χ3n) is 4.74. The zero-order valence-electron chi connectivity index (χ0n) is 12.3. The zero-order chi connectivity index (χ0) is 14.8. The monoisotopic (exact) mass is 305 g/mol. The predicted octanol–water partition coefficient (Wildman–Crippen LogP) is 3.12. The molecule has 0 aromatic heterocycles. The van der Waals surface area contributed by atoms with E-state index in [-0.39, 0.29) is 10.7 Å². The van der Waals surface area contributed by atoms with Gasteiger partial charge in [0.15, 0.2) is 0 Å². The number of amides is 1. The standard InChI is InChI=1S/C17H23NO2S/c19-15(18-13-16(20)9-6-10-16)17(11-4-5-12-17)21-14-7-2-1-3-8-14/h1-3,7-8,20H,4-6,9-13H2,(H,18,19). The molecule has 1 aromatic carbocycles. The van der Waals surface area contributed by atoms with Crippen molar-refractivity contribution in [1.29, 1.82) is 0 Å². The minimum absolute atomic E-state index is 0.106. The molecule has 0 aliphatic heterocycles. The Bertz CT molecular complexity index is 493. The summed E-state index contributed by atoms with van der Waals surface area (Å²) >= 11 is 1.69. The minimum atomic E-state index is -0.646. The van der Waals surface area contributed by atoms with Gasteiger partial charge in [-0.05, 0) is 44.2 Å². The molecule has 0 spiro atoms. The van der Waals surface area contributed by atoms with Gasteiger partial charge in [0.1, 0.15) is 0 Å². The largest absolute Gasteiger partial charge is 0.388 e. The second-order valence-electron chi connectivity index (χ2n) is 6.38. The Morgan fingerprint density at radius 3 is 2.33 bits per heavy atom. The highest BCUT2D eigenvalue weighted by atomic mass is 32.2. The van der Waals surface area contributed by atoms with Gasteiger partial charge in [0, 0.05) is 11.4 Å². The molecule has 0 saturated heterocycles. The molecular formula is C17H23NO2S. The summed E-state index contributed by atoms with van der Waals surface area (Å²) in [6.07, 6.45) is 6.76. The summed E-state index contributed by atoms with van der Waals surface area (Å²) in [7, 11) is 0. The van der Waals surface area contributed by atoms with Crippen molar-refractivity contribution in [1.82, 2.24) is 5.32 Å². The summed E-state index contributed by atoms with van der Waals surface area (Å²) < 4.78 is -0.346. The Labute approximate surface area is 130 Å². The van der Waals surface area contributed by atoms with Crippen LogP contribution in [0.4, 0.5) is 0 Å². The quantitative estimate of drug-likeness (QED) is 0.879. The van der Waals surface area contributed by atoms with Gasteiger partial charge in [-0.2, -0.15) is 0 Å². The van der Waals surface area contributed by atoms with E-state index in [9.17, 15) is 9.90 Å². The molecule has 2 fully saturated rings. The van der Waals surface area contributed by atoms with E-state index >= 15 is 0 Å². The third kappa shape index (κ3) is 3.27. The number of benzene rings is 1. The first-order valence-corrected chi connectivity index (χ1v) is 8.68. The van der Waals surface area contributed by atoms with Crippen LogP contribution in [0.25, 0.3) is 0 Å². The smallest absolute Gasteiger partial charge is 0.236 e. The molecule has 0 bridgehead atoms. The van der Waals surface area contributed by atoms with Crippen molar-refractivity contribution < 1.29 is 9.90 Å². The lowest BCUT2D eigenvalue weighted by Crippen LogP contribution is -2.52. The lowest BCUT2D eigenvalue weighted by molar-refractivity contribution is -0.125. The van der Waals surface area contributed by atoms with Crippen molar-refractivity contribution in [2.45, 2.75) is 60.2 Å².